The van der Waals surface area contributed by atoms with Crippen molar-refractivity contribution in [1.82, 2.24) is 20.7 Å². The first-order chi connectivity index (χ1) is 19.8. The van der Waals surface area contributed by atoms with Crippen LogP contribution in [0, 0.1) is 11.8 Å². The van der Waals surface area contributed by atoms with Crippen molar-refractivity contribution in [3.63, 3.8) is 0 Å². The van der Waals surface area contributed by atoms with Gasteiger partial charge in [-0.1, -0.05) is 50.3 Å². The Kier molecular flexibility index (Phi) is 14.1. The zero-order chi connectivity index (χ0) is 31.3. The Balaban J connectivity index is 2.21. The normalized spacial score (nSPS) is 18.2. The zero-order valence-corrected chi connectivity index (χ0v) is 25.7. The first-order valence-electron chi connectivity index (χ1n) is 14.1. The van der Waals surface area contributed by atoms with Crippen molar-refractivity contribution in [2.45, 2.75) is 77.8 Å². The molecule has 42 heavy (non-hydrogen) atoms. The van der Waals surface area contributed by atoms with Crippen molar-refractivity contribution in [3.8, 4) is 0 Å². The molecule has 1 unspecified atom stereocenters. The van der Waals surface area contributed by atoms with Crippen molar-refractivity contribution >= 4 is 33.7 Å². The lowest BCUT2D eigenvalue weighted by Crippen LogP contribution is -2.58. The van der Waals surface area contributed by atoms with Crippen LogP contribution in [0.15, 0.2) is 42.5 Å². The Bertz CT molecular complexity index is 1190. The first kappa shape index (κ1) is 34.9. The number of benzene rings is 1. The summed E-state index contributed by atoms with van der Waals surface area (Å²) in [4.78, 5) is 51.1. The third kappa shape index (κ3) is 12.7. The SMILES string of the molecule is CCOC(=O)/C=C/[C@H](C[C@@H]1CCNC1=O)NC(=O)[C@H](CC(C)C)NC(=O)[C@@H](NS(C)(=O)=O)C(C)OCc1ccccc1. The molecule has 3 amide bonds. The molecule has 1 aliphatic rings. The number of amides is 3. The van der Waals surface area contributed by atoms with E-state index in [0.29, 0.717) is 13.0 Å². The quantitative estimate of drug-likeness (QED) is 0.151. The number of nitrogens with one attached hydrogen (secondary N) is 4. The van der Waals surface area contributed by atoms with Gasteiger partial charge in [-0.2, -0.15) is 0 Å². The molecular weight excluding hydrogens is 564 g/mol. The van der Waals surface area contributed by atoms with Gasteiger partial charge in [0, 0.05) is 24.6 Å². The lowest BCUT2D eigenvalue weighted by atomic mass is 9.97. The largest absolute Gasteiger partial charge is 0.463 e. The van der Waals surface area contributed by atoms with E-state index in [-0.39, 0.29) is 43.8 Å². The number of ether oxygens (including phenoxy) is 2. The molecule has 234 valence electrons. The van der Waals surface area contributed by atoms with E-state index < -0.39 is 52.0 Å². The number of hydrogen-bond donors (Lipinski definition) is 4. The van der Waals surface area contributed by atoms with E-state index in [1.54, 1.807) is 13.8 Å². The third-order valence-electron chi connectivity index (χ3n) is 6.57. The smallest absolute Gasteiger partial charge is 0.330 e. The van der Waals surface area contributed by atoms with Crippen LogP contribution in [0.3, 0.4) is 0 Å². The van der Waals surface area contributed by atoms with Crippen molar-refractivity contribution in [2.75, 3.05) is 19.4 Å². The highest BCUT2D eigenvalue weighted by Gasteiger charge is 2.33. The van der Waals surface area contributed by atoms with Gasteiger partial charge in [0.25, 0.3) is 0 Å². The van der Waals surface area contributed by atoms with Crippen LogP contribution in [0.25, 0.3) is 0 Å². The van der Waals surface area contributed by atoms with E-state index in [0.717, 1.165) is 11.8 Å². The number of esters is 1. The molecule has 1 aliphatic heterocycles. The lowest BCUT2D eigenvalue weighted by molar-refractivity contribution is -0.137. The molecule has 4 N–H and O–H groups in total. The fourth-order valence-electron chi connectivity index (χ4n) is 4.49. The molecule has 1 aromatic rings. The predicted octanol–water partition coefficient (Wildman–Crippen LogP) is 1.17. The van der Waals surface area contributed by atoms with Crippen LogP contribution in [0.4, 0.5) is 0 Å². The maximum Gasteiger partial charge on any atom is 0.330 e. The summed E-state index contributed by atoms with van der Waals surface area (Å²) in [6.45, 7) is 7.87. The second-order valence-electron chi connectivity index (χ2n) is 10.8. The van der Waals surface area contributed by atoms with E-state index in [1.807, 2.05) is 44.2 Å². The van der Waals surface area contributed by atoms with E-state index in [2.05, 4.69) is 20.7 Å². The van der Waals surface area contributed by atoms with Crippen LogP contribution >= 0.6 is 0 Å². The summed E-state index contributed by atoms with van der Waals surface area (Å²) < 4.78 is 37.3. The lowest BCUT2D eigenvalue weighted by Gasteiger charge is -2.28. The van der Waals surface area contributed by atoms with Crippen LogP contribution in [0.5, 0.6) is 0 Å². The standard InChI is InChI=1S/C29H44N4O8S/c1-6-40-25(34)13-12-23(17-22-14-15-30-27(22)35)31-28(36)24(16-19(2)3)32-29(37)26(33-42(5,38)39)20(4)41-18-21-10-8-7-9-11-21/h7-13,19-20,22-24,26,33H,6,14-18H2,1-5H3,(H,30,35)(H,31,36)(H,32,37)/b13-12+/t20?,22-,23+,24-,26-/m0/s1. The number of hydrogen-bond acceptors (Lipinski definition) is 8. The van der Waals surface area contributed by atoms with Crippen LogP contribution in [-0.2, 0) is 45.3 Å². The Morgan fingerprint density at radius 3 is 2.36 bits per heavy atom. The second-order valence-corrected chi connectivity index (χ2v) is 12.6. The number of rotatable bonds is 17. The van der Waals surface area contributed by atoms with Crippen LogP contribution in [0.1, 0.15) is 52.5 Å². The highest BCUT2D eigenvalue weighted by Crippen LogP contribution is 2.18. The average molecular weight is 609 g/mol. The fourth-order valence-corrected chi connectivity index (χ4v) is 5.25. The second kappa shape index (κ2) is 17.0. The minimum atomic E-state index is -3.82. The van der Waals surface area contributed by atoms with Gasteiger partial charge in [0.05, 0.1) is 25.6 Å². The Morgan fingerprint density at radius 2 is 1.79 bits per heavy atom. The number of carbonyl (C=O) groups is 4. The van der Waals surface area contributed by atoms with Gasteiger partial charge in [0.15, 0.2) is 0 Å². The Morgan fingerprint density at radius 1 is 1.10 bits per heavy atom. The van der Waals surface area contributed by atoms with Gasteiger partial charge in [-0.25, -0.2) is 17.9 Å². The van der Waals surface area contributed by atoms with Crippen LogP contribution in [0.2, 0.25) is 0 Å². The highest BCUT2D eigenvalue weighted by atomic mass is 32.2. The van der Waals surface area contributed by atoms with Gasteiger partial charge in [0.2, 0.25) is 27.7 Å². The maximum absolute atomic E-state index is 13.5. The van der Waals surface area contributed by atoms with E-state index in [9.17, 15) is 27.6 Å². The molecule has 5 atom stereocenters. The predicted molar refractivity (Wildman–Crippen MR) is 157 cm³/mol. The molecule has 1 fully saturated rings. The summed E-state index contributed by atoms with van der Waals surface area (Å²) >= 11 is 0. The van der Waals surface area contributed by atoms with Crippen LogP contribution < -0.4 is 20.7 Å². The molecule has 0 spiro atoms. The topological polar surface area (TPSA) is 169 Å². The van der Waals surface area contributed by atoms with Gasteiger partial charge < -0.3 is 25.4 Å². The van der Waals surface area contributed by atoms with E-state index >= 15 is 0 Å². The molecule has 12 nitrogen and oxygen atoms in total. The summed E-state index contributed by atoms with van der Waals surface area (Å²) in [5.74, 6) is -2.35. The molecule has 13 heteroatoms. The average Bonchev–Trinajstić information content (AvgIpc) is 3.32. The summed E-state index contributed by atoms with van der Waals surface area (Å²) in [6.07, 6.45) is 3.83. The van der Waals surface area contributed by atoms with Gasteiger partial charge in [0.1, 0.15) is 12.1 Å². The van der Waals surface area contributed by atoms with Crippen molar-refractivity contribution < 1.29 is 37.1 Å². The highest BCUT2D eigenvalue weighted by molar-refractivity contribution is 7.88. The van der Waals surface area contributed by atoms with Crippen molar-refractivity contribution in [2.24, 2.45) is 11.8 Å². The molecule has 2 rings (SSSR count). The van der Waals surface area contributed by atoms with Gasteiger partial charge >= 0.3 is 5.97 Å². The molecule has 0 bridgehead atoms. The fraction of sp³-hybridized carbons (Fsp3) is 0.586. The van der Waals surface area contributed by atoms with Gasteiger partial charge in [-0.15, -0.1) is 0 Å². The van der Waals surface area contributed by atoms with Gasteiger partial charge in [-0.05, 0) is 44.6 Å². The van der Waals surface area contributed by atoms with Crippen LogP contribution in [-0.4, -0.2) is 75.7 Å². The van der Waals surface area contributed by atoms with Gasteiger partial charge in [-0.3, -0.25) is 14.4 Å². The van der Waals surface area contributed by atoms with E-state index in [4.69, 9.17) is 9.47 Å². The molecule has 1 heterocycles. The third-order valence-corrected chi connectivity index (χ3v) is 7.25. The zero-order valence-electron chi connectivity index (χ0n) is 24.9. The molecule has 0 radical (unpaired) electrons. The molecule has 1 aromatic carbocycles. The molecule has 0 aromatic heterocycles. The molecule has 0 aliphatic carbocycles. The first-order valence-corrected chi connectivity index (χ1v) is 16.0. The molecule has 0 saturated carbocycles. The Labute approximate surface area is 248 Å². The minimum absolute atomic E-state index is 0.0109. The molecular formula is C29H44N4O8S. The summed E-state index contributed by atoms with van der Waals surface area (Å²) in [5, 5.41) is 8.29. The maximum atomic E-state index is 13.5. The van der Waals surface area contributed by atoms with E-state index in [1.165, 1.54) is 12.2 Å². The van der Waals surface area contributed by atoms with Crippen molar-refractivity contribution in [1.29, 1.82) is 0 Å². The molecule has 1 saturated heterocycles. The summed E-state index contributed by atoms with van der Waals surface area (Å²) in [5.41, 5.74) is 0.845. The summed E-state index contributed by atoms with van der Waals surface area (Å²) in [7, 11) is -3.82. The summed E-state index contributed by atoms with van der Waals surface area (Å²) in [6, 6.07) is 6.19. The number of sulfonamides is 1. The number of carbonyl (C=O) groups excluding carboxylic acids is 4. The van der Waals surface area contributed by atoms with Crippen molar-refractivity contribution in [3.05, 3.63) is 48.0 Å². The monoisotopic (exact) mass is 608 g/mol. The Hall–Kier alpha value is -3.29. The minimum Gasteiger partial charge on any atom is -0.463 e.